The minimum absolute atomic E-state index is 0.0422. The number of hydrogen-bond donors (Lipinski definition) is 0. The Kier molecular flexibility index (Phi) is 11.3. The van der Waals surface area contributed by atoms with Crippen molar-refractivity contribution >= 4 is 24.4 Å². The van der Waals surface area contributed by atoms with Gasteiger partial charge in [-0.2, -0.15) is 5.10 Å². The summed E-state index contributed by atoms with van der Waals surface area (Å²) in [5.74, 6) is -0.105. The maximum Gasteiger partial charge on any atom is 0.292 e. The lowest BCUT2D eigenvalue weighted by Gasteiger charge is -2.11. The summed E-state index contributed by atoms with van der Waals surface area (Å²) in [6.45, 7) is 6.49. The summed E-state index contributed by atoms with van der Waals surface area (Å²) in [4.78, 5) is 19.6. The molecule has 1 aromatic heterocycles. The summed E-state index contributed by atoms with van der Waals surface area (Å²) in [5.41, 5.74) is 5.43. The van der Waals surface area contributed by atoms with Crippen molar-refractivity contribution in [3.05, 3.63) is 51.1 Å². The molecule has 2 aliphatic carbocycles. The first kappa shape index (κ1) is 25.8. The highest BCUT2D eigenvalue weighted by atomic mass is 35.5. The standard InChI is InChI=1S/C10H8ClFO.C9H14N2.C2H4O2.C2H6/c11-10-8(5-13)7(6-1-2-6)3-4-9(10)12;1-7-8-5-3-4-6-9(8)11(2)10-7;1-4-2-3;1-2/h3-6H,1-2H2;3-6H2,1-2H3;2H,1H3;1-2H3. The second kappa shape index (κ2) is 13.2. The van der Waals surface area contributed by atoms with Crippen LogP contribution in [0.15, 0.2) is 12.1 Å². The Hall–Kier alpha value is -2.21. The summed E-state index contributed by atoms with van der Waals surface area (Å²) < 4.78 is 18.8. The summed E-state index contributed by atoms with van der Waals surface area (Å²) in [6.07, 6.45) is 7.94. The number of aldehydes is 1. The number of carbonyl (C=O) groups is 2. The lowest BCUT2D eigenvalue weighted by molar-refractivity contribution is -0.126. The molecular formula is C23H32ClFN2O3. The summed E-state index contributed by atoms with van der Waals surface area (Å²) in [7, 11) is 3.37. The highest BCUT2D eigenvalue weighted by Gasteiger charge is 2.27. The molecule has 0 aliphatic heterocycles. The number of benzene rings is 1. The molecule has 0 amide bonds. The summed E-state index contributed by atoms with van der Waals surface area (Å²) in [6, 6.07) is 2.98. The maximum absolute atomic E-state index is 12.9. The highest BCUT2D eigenvalue weighted by Crippen LogP contribution is 2.43. The molecule has 0 saturated heterocycles. The Bertz CT molecular complexity index is 806. The van der Waals surface area contributed by atoms with Crippen LogP contribution in [0.2, 0.25) is 5.02 Å². The minimum atomic E-state index is -0.520. The third-order valence-corrected chi connectivity index (χ3v) is 5.35. The van der Waals surface area contributed by atoms with Crippen molar-refractivity contribution in [2.75, 3.05) is 7.11 Å². The van der Waals surface area contributed by atoms with Crippen LogP contribution in [0.1, 0.15) is 78.3 Å². The monoisotopic (exact) mass is 438 g/mol. The molecule has 7 heteroatoms. The first-order valence-electron chi connectivity index (χ1n) is 10.3. The van der Waals surface area contributed by atoms with Crippen LogP contribution in [0.4, 0.5) is 4.39 Å². The molecule has 0 bridgehead atoms. The van der Waals surface area contributed by atoms with E-state index in [1.165, 1.54) is 55.8 Å². The van der Waals surface area contributed by atoms with E-state index < -0.39 is 5.82 Å². The Balaban J connectivity index is 0.000000241. The van der Waals surface area contributed by atoms with Gasteiger partial charge in [-0.25, -0.2) is 4.39 Å². The molecule has 166 valence electrons. The van der Waals surface area contributed by atoms with Crippen LogP contribution in [-0.2, 0) is 29.4 Å². The van der Waals surface area contributed by atoms with Crippen LogP contribution in [0.5, 0.6) is 0 Å². The van der Waals surface area contributed by atoms with E-state index in [9.17, 15) is 9.18 Å². The van der Waals surface area contributed by atoms with Crippen molar-refractivity contribution in [1.82, 2.24) is 9.78 Å². The molecule has 0 radical (unpaired) electrons. The number of hydrogen-bond acceptors (Lipinski definition) is 4. The quantitative estimate of drug-likeness (QED) is 0.586. The zero-order valence-corrected chi connectivity index (χ0v) is 19.3. The summed E-state index contributed by atoms with van der Waals surface area (Å²) in [5, 5.41) is 4.37. The fourth-order valence-corrected chi connectivity index (χ4v) is 3.65. The van der Waals surface area contributed by atoms with Crippen molar-refractivity contribution in [2.45, 2.75) is 65.2 Å². The van der Waals surface area contributed by atoms with Crippen LogP contribution in [0.25, 0.3) is 0 Å². The molecule has 0 unspecified atom stereocenters. The SMILES string of the molecule is CC.COC=O.Cc1nn(C)c2c1CCCC2.O=Cc1c(C2CC2)ccc(F)c1Cl. The third kappa shape index (κ3) is 6.94. The zero-order chi connectivity index (χ0) is 22.7. The van der Waals surface area contributed by atoms with Gasteiger partial charge in [0.25, 0.3) is 6.47 Å². The van der Waals surface area contributed by atoms with Crippen molar-refractivity contribution in [3.63, 3.8) is 0 Å². The third-order valence-electron chi connectivity index (χ3n) is 4.96. The van der Waals surface area contributed by atoms with E-state index in [1.807, 2.05) is 18.5 Å². The van der Waals surface area contributed by atoms with Gasteiger partial charge in [-0.15, -0.1) is 0 Å². The number of fused-ring (bicyclic) bond motifs is 1. The van der Waals surface area contributed by atoms with E-state index in [0.29, 0.717) is 24.2 Å². The number of carbonyl (C=O) groups excluding carboxylic acids is 2. The Morgan fingerprint density at radius 1 is 1.20 bits per heavy atom. The fraction of sp³-hybridized carbons (Fsp3) is 0.522. The topological polar surface area (TPSA) is 61.2 Å². The largest absolute Gasteiger partial charge is 0.471 e. The smallest absolute Gasteiger partial charge is 0.292 e. The molecule has 1 fully saturated rings. The van der Waals surface area contributed by atoms with Gasteiger partial charge in [-0.05, 0) is 68.6 Å². The number of rotatable bonds is 3. The van der Waals surface area contributed by atoms with E-state index >= 15 is 0 Å². The van der Waals surface area contributed by atoms with Crippen LogP contribution in [0, 0.1) is 12.7 Å². The van der Waals surface area contributed by atoms with Gasteiger partial charge in [0.1, 0.15) is 5.82 Å². The van der Waals surface area contributed by atoms with E-state index in [4.69, 9.17) is 16.4 Å². The first-order chi connectivity index (χ1) is 14.4. The molecule has 30 heavy (non-hydrogen) atoms. The molecule has 2 aromatic rings. The zero-order valence-electron chi connectivity index (χ0n) is 18.5. The molecular weight excluding hydrogens is 407 g/mol. The van der Waals surface area contributed by atoms with Gasteiger partial charge in [-0.3, -0.25) is 14.3 Å². The average Bonchev–Trinajstić information content (AvgIpc) is 3.58. The van der Waals surface area contributed by atoms with Crippen LogP contribution in [-0.4, -0.2) is 29.6 Å². The first-order valence-corrected chi connectivity index (χ1v) is 10.7. The molecule has 0 N–H and O–H groups in total. The number of nitrogens with zero attached hydrogens (tertiary/aromatic N) is 2. The van der Waals surface area contributed by atoms with Gasteiger partial charge < -0.3 is 4.74 Å². The average molecular weight is 439 g/mol. The second-order valence-electron chi connectivity index (χ2n) is 6.93. The van der Waals surface area contributed by atoms with Crippen molar-refractivity contribution < 1.29 is 18.7 Å². The molecule has 5 nitrogen and oxygen atoms in total. The number of aryl methyl sites for hydroxylation is 2. The predicted molar refractivity (Wildman–Crippen MR) is 118 cm³/mol. The van der Waals surface area contributed by atoms with E-state index in [0.717, 1.165) is 18.4 Å². The second-order valence-corrected chi connectivity index (χ2v) is 7.31. The van der Waals surface area contributed by atoms with Crippen LogP contribution >= 0.6 is 11.6 Å². The molecule has 0 spiro atoms. The lowest BCUT2D eigenvalue weighted by atomic mass is 9.96. The molecule has 2 aliphatic rings. The number of ether oxygens (including phenoxy) is 1. The maximum atomic E-state index is 12.9. The molecule has 1 heterocycles. The normalized spacial score (nSPS) is 13.8. The number of halogens is 2. The predicted octanol–water partition coefficient (Wildman–Crippen LogP) is 5.59. The van der Waals surface area contributed by atoms with Crippen molar-refractivity contribution in [1.29, 1.82) is 0 Å². The molecule has 1 aromatic carbocycles. The molecule has 0 atom stereocenters. The van der Waals surface area contributed by atoms with Crippen LogP contribution < -0.4 is 0 Å². The van der Waals surface area contributed by atoms with Gasteiger partial charge in [0, 0.05) is 18.3 Å². The Labute approximate surface area is 183 Å². The van der Waals surface area contributed by atoms with Gasteiger partial charge in [0.2, 0.25) is 0 Å². The van der Waals surface area contributed by atoms with Gasteiger partial charge in [0.15, 0.2) is 6.29 Å². The number of methoxy groups -OCH3 is 1. The Morgan fingerprint density at radius 2 is 1.80 bits per heavy atom. The minimum Gasteiger partial charge on any atom is -0.471 e. The summed E-state index contributed by atoms with van der Waals surface area (Å²) >= 11 is 5.66. The van der Waals surface area contributed by atoms with Gasteiger partial charge in [0.05, 0.1) is 17.8 Å². The highest BCUT2D eigenvalue weighted by molar-refractivity contribution is 6.33. The van der Waals surface area contributed by atoms with E-state index in [-0.39, 0.29) is 5.02 Å². The van der Waals surface area contributed by atoms with E-state index in [2.05, 4.69) is 23.8 Å². The van der Waals surface area contributed by atoms with Crippen LogP contribution in [0.3, 0.4) is 0 Å². The fourth-order valence-electron chi connectivity index (χ4n) is 3.43. The van der Waals surface area contributed by atoms with Crippen molar-refractivity contribution in [2.24, 2.45) is 7.05 Å². The van der Waals surface area contributed by atoms with Gasteiger partial charge in [-0.1, -0.05) is 31.5 Å². The molecule has 1 saturated carbocycles. The Morgan fingerprint density at radius 3 is 2.30 bits per heavy atom. The van der Waals surface area contributed by atoms with Crippen molar-refractivity contribution in [3.8, 4) is 0 Å². The van der Waals surface area contributed by atoms with E-state index in [1.54, 1.807) is 6.07 Å². The van der Waals surface area contributed by atoms with Gasteiger partial charge >= 0.3 is 0 Å². The number of aromatic nitrogens is 2. The molecule has 4 rings (SSSR count). The lowest BCUT2D eigenvalue weighted by Crippen LogP contribution is -2.05.